The van der Waals surface area contributed by atoms with E-state index in [1.807, 2.05) is 49.3 Å². The molecule has 0 aromatic heterocycles. The first kappa shape index (κ1) is 22.8. The summed E-state index contributed by atoms with van der Waals surface area (Å²) in [6.07, 6.45) is 3.12. The highest BCUT2D eigenvalue weighted by atomic mass is 35.5. The Balaban J connectivity index is 1.56. The second-order valence-electron chi connectivity index (χ2n) is 7.60. The minimum atomic E-state index is -0.277. The second-order valence-corrected chi connectivity index (χ2v) is 8.04. The van der Waals surface area contributed by atoms with Crippen LogP contribution in [0.3, 0.4) is 0 Å². The van der Waals surface area contributed by atoms with Crippen LogP contribution in [-0.4, -0.2) is 63.1 Å². The molecule has 31 heavy (non-hydrogen) atoms. The van der Waals surface area contributed by atoms with Crippen LogP contribution in [0, 0.1) is 0 Å². The van der Waals surface area contributed by atoms with Crippen molar-refractivity contribution in [2.45, 2.75) is 13.0 Å². The fraction of sp³-hybridized carbons (Fsp3) is 0.333. The molecule has 0 bridgehead atoms. The predicted octanol–water partition coefficient (Wildman–Crippen LogP) is 3.93. The molecule has 1 atom stereocenters. The number of anilines is 1. The van der Waals surface area contributed by atoms with Gasteiger partial charge in [-0.05, 0) is 48.9 Å². The van der Waals surface area contributed by atoms with E-state index in [1.54, 1.807) is 29.2 Å². The lowest BCUT2D eigenvalue weighted by atomic mass is 10.1. The van der Waals surface area contributed by atoms with Crippen LogP contribution in [0.25, 0.3) is 6.08 Å². The van der Waals surface area contributed by atoms with Crippen LogP contribution in [0.2, 0.25) is 5.02 Å². The highest BCUT2D eigenvalue weighted by Gasteiger charge is 2.24. The zero-order chi connectivity index (χ0) is 22.4. The van der Waals surface area contributed by atoms with Crippen molar-refractivity contribution in [2.75, 3.05) is 45.3 Å². The molecule has 1 amide bonds. The van der Waals surface area contributed by atoms with Crippen LogP contribution in [0.4, 0.5) is 5.69 Å². The number of benzene rings is 2. The Morgan fingerprint density at radius 2 is 1.97 bits per heavy atom. The Bertz CT molecular complexity index is 957. The van der Waals surface area contributed by atoms with Crippen LogP contribution in [-0.2, 0) is 9.53 Å². The largest absolute Gasteiger partial charge is 0.490 e. The number of amides is 1. The number of ketones is 1. The molecule has 6 nitrogen and oxygen atoms in total. The number of ether oxygens (including phenoxy) is 2. The van der Waals surface area contributed by atoms with Crippen molar-refractivity contribution in [3.8, 4) is 5.75 Å². The maximum absolute atomic E-state index is 12.6. The number of Topliss-reactive ketones (excluding diaryl/α,β-unsaturated/α-hetero) is 1. The number of nitrogens with zero attached hydrogens (tertiary/aromatic N) is 2. The van der Waals surface area contributed by atoms with Crippen LogP contribution >= 0.6 is 11.6 Å². The third kappa shape index (κ3) is 6.32. The smallest absolute Gasteiger partial charge is 0.246 e. The summed E-state index contributed by atoms with van der Waals surface area (Å²) in [6.45, 7) is 3.09. The van der Waals surface area contributed by atoms with E-state index < -0.39 is 0 Å². The van der Waals surface area contributed by atoms with E-state index in [0.717, 1.165) is 11.3 Å². The van der Waals surface area contributed by atoms with Gasteiger partial charge in [0, 0.05) is 37.4 Å². The van der Waals surface area contributed by atoms with Gasteiger partial charge in [0.2, 0.25) is 5.91 Å². The van der Waals surface area contributed by atoms with E-state index in [-0.39, 0.29) is 24.4 Å². The number of carbonyl (C=O) groups excluding carboxylic acids is 2. The summed E-state index contributed by atoms with van der Waals surface area (Å²) in [5.41, 5.74) is 2.50. The van der Waals surface area contributed by atoms with Crippen molar-refractivity contribution in [1.82, 2.24) is 4.90 Å². The lowest BCUT2D eigenvalue weighted by molar-refractivity contribution is -0.134. The van der Waals surface area contributed by atoms with E-state index in [9.17, 15) is 9.59 Å². The van der Waals surface area contributed by atoms with E-state index >= 15 is 0 Å². The average molecular weight is 443 g/mol. The molecule has 1 aliphatic heterocycles. The lowest BCUT2D eigenvalue weighted by Gasteiger charge is -2.32. The van der Waals surface area contributed by atoms with Crippen LogP contribution < -0.4 is 9.64 Å². The summed E-state index contributed by atoms with van der Waals surface area (Å²) in [6, 6.07) is 12.9. The molecule has 3 rings (SSSR count). The summed E-state index contributed by atoms with van der Waals surface area (Å²) in [4.78, 5) is 28.2. The first-order chi connectivity index (χ1) is 14.8. The number of morpholine rings is 1. The molecule has 0 N–H and O–H groups in total. The fourth-order valence-electron chi connectivity index (χ4n) is 3.26. The van der Waals surface area contributed by atoms with Gasteiger partial charge in [0.15, 0.2) is 5.78 Å². The molecule has 1 saturated heterocycles. The minimum absolute atomic E-state index is 0.0686. The zero-order valence-corrected chi connectivity index (χ0v) is 18.8. The Hall–Kier alpha value is -2.83. The van der Waals surface area contributed by atoms with E-state index in [1.165, 1.54) is 6.92 Å². The van der Waals surface area contributed by atoms with Gasteiger partial charge in [-0.2, -0.15) is 0 Å². The normalized spacial score (nSPS) is 16.4. The van der Waals surface area contributed by atoms with Crippen LogP contribution in [0.5, 0.6) is 5.75 Å². The highest BCUT2D eigenvalue weighted by molar-refractivity contribution is 6.31. The van der Waals surface area contributed by atoms with Gasteiger partial charge in [0.25, 0.3) is 0 Å². The Labute approximate surface area is 188 Å². The monoisotopic (exact) mass is 442 g/mol. The molecule has 7 heteroatoms. The minimum Gasteiger partial charge on any atom is -0.490 e. The second kappa shape index (κ2) is 10.5. The number of halogens is 1. The van der Waals surface area contributed by atoms with Crippen LogP contribution in [0.15, 0.2) is 48.5 Å². The topological polar surface area (TPSA) is 59.1 Å². The first-order valence-corrected chi connectivity index (χ1v) is 10.5. The molecular weight excluding hydrogens is 416 g/mol. The number of carbonyl (C=O) groups is 2. The van der Waals surface area contributed by atoms with Crippen molar-refractivity contribution < 1.29 is 19.1 Å². The van der Waals surface area contributed by atoms with Gasteiger partial charge < -0.3 is 19.3 Å². The maximum Gasteiger partial charge on any atom is 0.246 e. The summed E-state index contributed by atoms with van der Waals surface area (Å²) in [5.74, 6) is 0.272. The molecule has 2 aromatic carbocycles. The summed E-state index contributed by atoms with van der Waals surface area (Å²) in [7, 11) is 3.97. The molecule has 0 aliphatic carbocycles. The predicted molar refractivity (Wildman–Crippen MR) is 123 cm³/mol. The van der Waals surface area contributed by atoms with Gasteiger partial charge in [0.1, 0.15) is 18.5 Å². The van der Waals surface area contributed by atoms with Gasteiger partial charge >= 0.3 is 0 Å². The quantitative estimate of drug-likeness (QED) is 0.480. The lowest BCUT2D eigenvalue weighted by Crippen LogP contribution is -2.47. The molecule has 164 valence electrons. The molecule has 2 aromatic rings. The van der Waals surface area contributed by atoms with Crippen molar-refractivity contribution in [3.63, 3.8) is 0 Å². The van der Waals surface area contributed by atoms with Gasteiger partial charge in [0.05, 0.1) is 18.7 Å². The molecule has 1 unspecified atom stereocenters. The Morgan fingerprint density at radius 3 is 2.65 bits per heavy atom. The SMILES string of the molecule is CC(=O)c1cc(Cl)ccc1OCC1CN(C(=O)C=Cc2ccc(N(C)C)cc2)CCO1. The Morgan fingerprint density at radius 1 is 1.23 bits per heavy atom. The molecule has 0 radical (unpaired) electrons. The van der Waals surface area contributed by atoms with Crippen molar-refractivity contribution >= 4 is 35.1 Å². The number of hydrogen-bond donors (Lipinski definition) is 0. The molecule has 0 saturated carbocycles. The number of rotatable bonds is 7. The van der Waals surface area contributed by atoms with Gasteiger partial charge in [-0.25, -0.2) is 0 Å². The standard InChI is InChI=1S/C24H27ClN2O4/c1-17(28)22-14-19(25)7-10-23(22)31-16-21-15-27(12-13-30-21)24(29)11-6-18-4-8-20(9-5-18)26(2)3/h4-11,14,21H,12-13,15-16H2,1-3H3. The number of hydrogen-bond acceptors (Lipinski definition) is 5. The third-order valence-corrected chi connectivity index (χ3v) is 5.26. The molecule has 1 fully saturated rings. The van der Waals surface area contributed by atoms with E-state index in [2.05, 4.69) is 0 Å². The summed E-state index contributed by atoms with van der Waals surface area (Å²) < 4.78 is 11.6. The third-order valence-electron chi connectivity index (χ3n) is 5.02. The molecule has 1 aliphatic rings. The van der Waals surface area contributed by atoms with Gasteiger partial charge in [-0.1, -0.05) is 23.7 Å². The molecule has 0 spiro atoms. The van der Waals surface area contributed by atoms with Gasteiger partial charge in [-0.15, -0.1) is 0 Å². The first-order valence-electron chi connectivity index (χ1n) is 10.1. The van der Waals surface area contributed by atoms with E-state index in [0.29, 0.717) is 36.0 Å². The van der Waals surface area contributed by atoms with Gasteiger partial charge in [-0.3, -0.25) is 9.59 Å². The van der Waals surface area contributed by atoms with Crippen molar-refractivity contribution in [1.29, 1.82) is 0 Å². The summed E-state index contributed by atoms with van der Waals surface area (Å²) in [5, 5.41) is 0.478. The van der Waals surface area contributed by atoms with Crippen LogP contribution in [0.1, 0.15) is 22.8 Å². The molecular formula is C24H27ClN2O4. The maximum atomic E-state index is 12.6. The highest BCUT2D eigenvalue weighted by Crippen LogP contribution is 2.24. The van der Waals surface area contributed by atoms with Crippen molar-refractivity contribution in [3.05, 3.63) is 64.7 Å². The Kier molecular flexibility index (Phi) is 7.71. The fourth-order valence-corrected chi connectivity index (χ4v) is 3.43. The molecule has 1 heterocycles. The van der Waals surface area contributed by atoms with E-state index in [4.69, 9.17) is 21.1 Å². The van der Waals surface area contributed by atoms with Crippen molar-refractivity contribution in [2.24, 2.45) is 0 Å². The zero-order valence-electron chi connectivity index (χ0n) is 18.0. The average Bonchev–Trinajstić information content (AvgIpc) is 2.77. The summed E-state index contributed by atoms with van der Waals surface area (Å²) >= 11 is 5.97.